The van der Waals surface area contributed by atoms with Crippen molar-refractivity contribution in [2.24, 2.45) is 23.2 Å². The van der Waals surface area contributed by atoms with E-state index in [2.05, 4.69) is 83.4 Å². The third-order valence-electron chi connectivity index (χ3n) is 7.45. The van der Waals surface area contributed by atoms with E-state index in [9.17, 15) is 0 Å². The van der Waals surface area contributed by atoms with Crippen molar-refractivity contribution in [3.8, 4) is 17.1 Å². The van der Waals surface area contributed by atoms with Gasteiger partial charge in [-0.2, -0.15) is 4.98 Å². The molecule has 1 N–H and O–H groups in total. The Kier molecular flexibility index (Phi) is 5.99. The van der Waals surface area contributed by atoms with Crippen LogP contribution in [0.2, 0.25) is 0 Å². The number of nitrogens with zero attached hydrogens (tertiary/aromatic N) is 3. The molecule has 0 amide bonds. The Bertz CT molecular complexity index is 1060. The average molecular weight is 516 g/mol. The molecule has 4 atom stereocenters. The van der Waals surface area contributed by atoms with Crippen LogP contribution >= 0.6 is 27.7 Å². The van der Waals surface area contributed by atoms with E-state index in [0.717, 1.165) is 34.3 Å². The standard InChI is InChI=1S/C25H31BrN4OS/c1-5-32-24-28-23-21(29-30-24)18-12-16(26)8-9-20(18)27-22(31-23)17-13-19-15(11-14(17)2)7-6-10-25(19,3)4/h7-9,12,14,17,19,22,27H,5-6,10-11,13H2,1-4H3/t14-,17+,19-,22+/m0/s1. The topological polar surface area (TPSA) is 59.9 Å². The summed E-state index contributed by atoms with van der Waals surface area (Å²) >= 11 is 5.20. The molecule has 1 aliphatic heterocycles. The molecule has 0 unspecified atom stereocenters. The van der Waals surface area contributed by atoms with Gasteiger partial charge >= 0.3 is 0 Å². The summed E-state index contributed by atoms with van der Waals surface area (Å²) in [5, 5.41) is 13.3. The zero-order chi connectivity index (χ0) is 22.5. The lowest BCUT2D eigenvalue weighted by atomic mass is 9.59. The first-order valence-electron chi connectivity index (χ1n) is 11.6. The summed E-state index contributed by atoms with van der Waals surface area (Å²) in [6.07, 6.45) is 7.12. The lowest BCUT2D eigenvalue weighted by molar-refractivity contribution is 0.0519. The molecular weight excluding hydrogens is 484 g/mol. The van der Waals surface area contributed by atoms with Crippen molar-refractivity contribution < 1.29 is 4.74 Å². The van der Waals surface area contributed by atoms with Crippen LogP contribution in [0.1, 0.15) is 53.4 Å². The van der Waals surface area contributed by atoms with Crippen molar-refractivity contribution in [3.05, 3.63) is 34.3 Å². The molecule has 2 heterocycles. The highest BCUT2D eigenvalue weighted by Crippen LogP contribution is 2.52. The van der Waals surface area contributed by atoms with Crippen LogP contribution in [0.15, 0.2) is 39.5 Å². The minimum atomic E-state index is -0.151. The number of ether oxygens (including phenoxy) is 1. The van der Waals surface area contributed by atoms with Gasteiger partial charge in [-0.05, 0) is 66.9 Å². The smallest absolute Gasteiger partial charge is 0.247 e. The van der Waals surface area contributed by atoms with Gasteiger partial charge in [0.1, 0.15) is 0 Å². The first-order chi connectivity index (χ1) is 15.4. The Morgan fingerprint density at radius 2 is 2.12 bits per heavy atom. The highest BCUT2D eigenvalue weighted by Gasteiger charge is 2.45. The Labute approximate surface area is 203 Å². The van der Waals surface area contributed by atoms with Gasteiger partial charge in [-0.3, -0.25) is 0 Å². The van der Waals surface area contributed by atoms with E-state index in [1.165, 1.54) is 12.8 Å². The zero-order valence-corrected chi connectivity index (χ0v) is 21.6. The first kappa shape index (κ1) is 22.2. The molecule has 5 nitrogen and oxygen atoms in total. The summed E-state index contributed by atoms with van der Waals surface area (Å²) in [5.41, 5.74) is 4.71. The number of fused-ring (bicyclic) bond motifs is 4. The fraction of sp³-hybridized carbons (Fsp3) is 0.560. The number of allylic oxidation sites excluding steroid dienone is 2. The molecule has 7 heteroatoms. The normalized spacial score (nSPS) is 28.2. The molecule has 1 fully saturated rings. The highest BCUT2D eigenvalue weighted by atomic mass is 79.9. The lowest BCUT2D eigenvalue weighted by Gasteiger charge is -2.48. The summed E-state index contributed by atoms with van der Waals surface area (Å²) in [4.78, 5) is 4.77. The predicted octanol–water partition coefficient (Wildman–Crippen LogP) is 6.95. The van der Waals surface area contributed by atoms with Crippen LogP contribution in [0.25, 0.3) is 11.3 Å². The minimum absolute atomic E-state index is 0.151. The van der Waals surface area contributed by atoms with Gasteiger partial charge in [-0.25, -0.2) is 0 Å². The fourth-order valence-corrected chi connectivity index (χ4v) is 6.53. The second kappa shape index (κ2) is 8.64. The first-order valence-corrected chi connectivity index (χ1v) is 13.4. The van der Waals surface area contributed by atoms with Gasteiger partial charge in [0.05, 0.1) is 0 Å². The molecule has 1 aromatic carbocycles. The van der Waals surface area contributed by atoms with Crippen molar-refractivity contribution >= 4 is 33.4 Å². The van der Waals surface area contributed by atoms with Gasteiger partial charge in [-0.15, -0.1) is 10.2 Å². The van der Waals surface area contributed by atoms with E-state index in [4.69, 9.17) is 9.72 Å². The molecule has 170 valence electrons. The van der Waals surface area contributed by atoms with E-state index in [1.807, 2.05) is 0 Å². The van der Waals surface area contributed by atoms with Gasteiger partial charge in [-0.1, -0.05) is 67.0 Å². The molecule has 2 aromatic rings. The molecule has 32 heavy (non-hydrogen) atoms. The number of thioether (sulfide) groups is 1. The third kappa shape index (κ3) is 4.07. The summed E-state index contributed by atoms with van der Waals surface area (Å²) in [6.45, 7) is 9.34. The SMILES string of the molecule is CCSc1nnc2c(n1)O[C@H]([C@@H]1C[C@H]3C(=CCCC3(C)C)C[C@@H]1C)Nc1ccc(Br)cc1-2. The monoisotopic (exact) mass is 514 g/mol. The highest BCUT2D eigenvalue weighted by molar-refractivity contribution is 9.10. The number of nitrogens with one attached hydrogen (secondary N) is 1. The molecular formula is C25H31BrN4OS. The Balaban J connectivity index is 1.54. The number of hydrogen-bond acceptors (Lipinski definition) is 6. The number of aromatic nitrogens is 3. The number of rotatable bonds is 3. The number of halogens is 1. The maximum atomic E-state index is 6.65. The van der Waals surface area contributed by atoms with Gasteiger partial charge in [0.2, 0.25) is 11.0 Å². The zero-order valence-electron chi connectivity index (χ0n) is 19.2. The summed E-state index contributed by atoms with van der Waals surface area (Å²) in [6, 6.07) is 6.24. The van der Waals surface area contributed by atoms with Crippen LogP contribution in [0.3, 0.4) is 0 Å². The van der Waals surface area contributed by atoms with Crippen molar-refractivity contribution in [3.63, 3.8) is 0 Å². The molecule has 3 aliphatic rings. The van der Waals surface area contributed by atoms with Crippen molar-refractivity contribution in [1.29, 1.82) is 0 Å². The van der Waals surface area contributed by atoms with Crippen LogP contribution in [0.4, 0.5) is 5.69 Å². The van der Waals surface area contributed by atoms with Gasteiger partial charge < -0.3 is 10.1 Å². The number of anilines is 1. The molecule has 0 spiro atoms. The quantitative estimate of drug-likeness (QED) is 0.353. The van der Waals surface area contributed by atoms with Crippen molar-refractivity contribution in [2.75, 3.05) is 11.1 Å². The van der Waals surface area contributed by atoms with Crippen molar-refractivity contribution in [1.82, 2.24) is 15.2 Å². The van der Waals surface area contributed by atoms with Gasteiger partial charge in [0.15, 0.2) is 11.9 Å². The fourth-order valence-electron chi connectivity index (χ4n) is 5.67. The molecule has 2 aliphatic carbocycles. The number of benzene rings is 1. The van der Waals surface area contributed by atoms with Crippen LogP contribution in [0, 0.1) is 23.2 Å². The van der Waals surface area contributed by atoms with Crippen LogP contribution in [-0.4, -0.2) is 27.2 Å². The van der Waals surface area contributed by atoms with E-state index in [0.29, 0.717) is 39.9 Å². The number of hydrogen-bond donors (Lipinski definition) is 1. The largest absolute Gasteiger partial charge is 0.452 e. The Morgan fingerprint density at radius 3 is 2.94 bits per heavy atom. The second-order valence-electron chi connectivity index (χ2n) is 9.99. The van der Waals surface area contributed by atoms with Crippen LogP contribution in [-0.2, 0) is 0 Å². The van der Waals surface area contributed by atoms with Crippen LogP contribution < -0.4 is 10.1 Å². The molecule has 0 bridgehead atoms. The lowest BCUT2D eigenvalue weighted by Crippen LogP contribution is -2.45. The predicted molar refractivity (Wildman–Crippen MR) is 134 cm³/mol. The minimum Gasteiger partial charge on any atom is -0.452 e. The van der Waals surface area contributed by atoms with Gasteiger partial charge in [0, 0.05) is 21.6 Å². The third-order valence-corrected chi connectivity index (χ3v) is 8.67. The van der Waals surface area contributed by atoms with E-state index in [1.54, 1.807) is 17.3 Å². The maximum absolute atomic E-state index is 6.65. The second-order valence-corrected chi connectivity index (χ2v) is 12.1. The Hall–Kier alpha value is -1.60. The molecule has 5 rings (SSSR count). The summed E-state index contributed by atoms with van der Waals surface area (Å²) < 4.78 is 7.65. The van der Waals surface area contributed by atoms with Crippen molar-refractivity contribution in [2.45, 2.75) is 64.8 Å². The molecule has 1 saturated carbocycles. The summed E-state index contributed by atoms with van der Waals surface area (Å²) in [5.74, 6) is 3.01. The van der Waals surface area contributed by atoms with E-state index < -0.39 is 0 Å². The van der Waals surface area contributed by atoms with E-state index in [-0.39, 0.29) is 6.23 Å². The summed E-state index contributed by atoms with van der Waals surface area (Å²) in [7, 11) is 0. The maximum Gasteiger partial charge on any atom is 0.247 e. The molecule has 0 radical (unpaired) electrons. The molecule has 1 aromatic heterocycles. The Morgan fingerprint density at radius 1 is 1.28 bits per heavy atom. The average Bonchev–Trinajstić information content (AvgIpc) is 2.89. The van der Waals surface area contributed by atoms with Crippen LogP contribution in [0.5, 0.6) is 5.88 Å². The van der Waals surface area contributed by atoms with Gasteiger partial charge in [0.25, 0.3) is 0 Å². The molecule has 0 saturated heterocycles. The van der Waals surface area contributed by atoms with E-state index >= 15 is 0 Å².